The largest absolute Gasteiger partial charge is 0.497 e. The Morgan fingerprint density at radius 1 is 1.19 bits per heavy atom. The van der Waals surface area contributed by atoms with Crippen molar-refractivity contribution >= 4 is 17.7 Å². The highest BCUT2D eigenvalue weighted by Gasteiger charge is 2.19. The fraction of sp³-hybridized carbons (Fsp3) is 0.263. The number of carbonyl (C=O) groups is 1. The standard InChI is InChI=1S/C19H21N5O2S/c1-13-4-8-16(9-5-13)24-19(21-22-23-24)27-14(2)18(25)20-12-15-6-10-17(26-3)11-7-15/h4-11,14H,12H2,1-3H3,(H,20,25)/t14-/m0/s1. The van der Waals surface area contributed by atoms with Crippen LogP contribution >= 0.6 is 11.8 Å². The minimum atomic E-state index is -0.335. The van der Waals surface area contributed by atoms with Gasteiger partial charge in [0, 0.05) is 6.54 Å². The van der Waals surface area contributed by atoms with Crippen molar-refractivity contribution in [3.8, 4) is 11.4 Å². The molecule has 0 saturated heterocycles. The molecule has 2 aromatic carbocycles. The van der Waals surface area contributed by atoms with Crippen molar-refractivity contribution in [2.24, 2.45) is 0 Å². The van der Waals surface area contributed by atoms with Crippen molar-refractivity contribution in [2.75, 3.05) is 7.11 Å². The number of aryl methyl sites for hydroxylation is 1. The van der Waals surface area contributed by atoms with Gasteiger partial charge < -0.3 is 10.1 Å². The van der Waals surface area contributed by atoms with E-state index >= 15 is 0 Å². The molecule has 0 aliphatic carbocycles. The lowest BCUT2D eigenvalue weighted by molar-refractivity contribution is -0.120. The van der Waals surface area contributed by atoms with E-state index in [1.807, 2.05) is 62.4 Å². The molecule has 0 saturated carbocycles. The first-order chi connectivity index (χ1) is 13.1. The lowest BCUT2D eigenvalue weighted by atomic mass is 10.2. The van der Waals surface area contributed by atoms with Crippen LogP contribution in [-0.2, 0) is 11.3 Å². The third-order valence-corrected chi connectivity index (χ3v) is 5.03. The summed E-state index contributed by atoms with van der Waals surface area (Å²) in [5, 5.41) is 15.0. The van der Waals surface area contributed by atoms with E-state index in [1.54, 1.807) is 11.8 Å². The van der Waals surface area contributed by atoms with Gasteiger partial charge in [-0.15, -0.1) is 5.10 Å². The van der Waals surface area contributed by atoms with E-state index in [1.165, 1.54) is 11.8 Å². The normalized spacial score (nSPS) is 11.8. The van der Waals surface area contributed by atoms with Crippen LogP contribution in [-0.4, -0.2) is 38.5 Å². The van der Waals surface area contributed by atoms with Gasteiger partial charge in [-0.3, -0.25) is 4.79 Å². The summed E-state index contributed by atoms with van der Waals surface area (Å²) in [6.45, 7) is 4.31. The Balaban J connectivity index is 1.60. The van der Waals surface area contributed by atoms with Gasteiger partial charge in [0.25, 0.3) is 0 Å². The van der Waals surface area contributed by atoms with Crippen LogP contribution in [0.25, 0.3) is 5.69 Å². The number of hydrogen-bond donors (Lipinski definition) is 1. The van der Waals surface area contributed by atoms with Crippen LogP contribution in [0, 0.1) is 6.92 Å². The molecule has 1 N–H and O–H groups in total. The van der Waals surface area contributed by atoms with Crippen LogP contribution in [0.2, 0.25) is 0 Å². The van der Waals surface area contributed by atoms with Gasteiger partial charge in [-0.1, -0.05) is 41.6 Å². The molecular weight excluding hydrogens is 362 g/mol. The zero-order chi connectivity index (χ0) is 19.2. The number of benzene rings is 2. The maximum absolute atomic E-state index is 12.4. The highest BCUT2D eigenvalue weighted by molar-refractivity contribution is 8.00. The van der Waals surface area contributed by atoms with Crippen molar-refractivity contribution < 1.29 is 9.53 Å². The van der Waals surface area contributed by atoms with Crippen molar-refractivity contribution in [1.82, 2.24) is 25.5 Å². The monoisotopic (exact) mass is 383 g/mol. The molecule has 8 heteroatoms. The van der Waals surface area contributed by atoms with Crippen LogP contribution in [0.15, 0.2) is 53.7 Å². The fourth-order valence-corrected chi connectivity index (χ4v) is 3.22. The second-order valence-corrected chi connectivity index (χ2v) is 7.34. The molecule has 3 aromatic rings. The first-order valence-electron chi connectivity index (χ1n) is 8.49. The average Bonchev–Trinajstić information content (AvgIpc) is 3.15. The van der Waals surface area contributed by atoms with E-state index in [-0.39, 0.29) is 11.2 Å². The van der Waals surface area contributed by atoms with Crippen molar-refractivity contribution in [3.05, 3.63) is 59.7 Å². The number of thioether (sulfide) groups is 1. The van der Waals surface area contributed by atoms with E-state index in [0.717, 1.165) is 22.6 Å². The quantitative estimate of drug-likeness (QED) is 0.632. The van der Waals surface area contributed by atoms with Gasteiger partial charge in [0.1, 0.15) is 5.75 Å². The van der Waals surface area contributed by atoms with Crippen molar-refractivity contribution in [3.63, 3.8) is 0 Å². The van der Waals surface area contributed by atoms with Crippen LogP contribution in [0.4, 0.5) is 0 Å². The number of rotatable bonds is 7. The van der Waals surface area contributed by atoms with Gasteiger partial charge in [-0.25, -0.2) is 0 Å². The minimum Gasteiger partial charge on any atom is -0.497 e. The molecule has 0 aliphatic heterocycles. The molecule has 3 rings (SSSR count). The van der Waals surface area contributed by atoms with Gasteiger partial charge >= 0.3 is 0 Å². The molecule has 0 unspecified atom stereocenters. The Morgan fingerprint density at radius 2 is 1.89 bits per heavy atom. The third-order valence-electron chi connectivity index (χ3n) is 4.00. The summed E-state index contributed by atoms with van der Waals surface area (Å²) in [6, 6.07) is 15.5. The van der Waals surface area contributed by atoms with Crippen LogP contribution in [0.1, 0.15) is 18.1 Å². The first kappa shape index (κ1) is 18.9. The Morgan fingerprint density at radius 3 is 2.56 bits per heavy atom. The summed E-state index contributed by atoms with van der Waals surface area (Å²) in [7, 11) is 1.62. The van der Waals surface area contributed by atoms with E-state index in [9.17, 15) is 4.79 Å². The molecule has 140 valence electrons. The number of ether oxygens (including phenoxy) is 1. The predicted molar refractivity (Wildman–Crippen MR) is 104 cm³/mol. The van der Waals surface area contributed by atoms with Crippen LogP contribution in [0.3, 0.4) is 0 Å². The summed E-state index contributed by atoms with van der Waals surface area (Å²) >= 11 is 1.32. The van der Waals surface area contributed by atoms with E-state index in [4.69, 9.17) is 4.74 Å². The first-order valence-corrected chi connectivity index (χ1v) is 9.37. The molecule has 7 nitrogen and oxygen atoms in total. The van der Waals surface area contributed by atoms with E-state index < -0.39 is 0 Å². The molecule has 1 atom stereocenters. The zero-order valence-corrected chi connectivity index (χ0v) is 16.2. The number of carbonyl (C=O) groups excluding carboxylic acids is 1. The molecular formula is C19H21N5O2S. The maximum Gasteiger partial charge on any atom is 0.233 e. The Kier molecular flexibility index (Phi) is 6.08. The highest BCUT2D eigenvalue weighted by atomic mass is 32.2. The van der Waals surface area contributed by atoms with Crippen molar-refractivity contribution in [1.29, 1.82) is 0 Å². The number of methoxy groups -OCH3 is 1. The smallest absolute Gasteiger partial charge is 0.233 e. The number of nitrogens with one attached hydrogen (secondary N) is 1. The predicted octanol–water partition coefficient (Wildman–Crippen LogP) is 2.78. The van der Waals surface area contributed by atoms with Crippen LogP contribution in [0.5, 0.6) is 5.75 Å². The highest BCUT2D eigenvalue weighted by Crippen LogP contribution is 2.23. The Labute approximate surface area is 162 Å². The van der Waals surface area contributed by atoms with Gasteiger partial charge in [0.15, 0.2) is 0 Å². The third kappa shape index (κ3) is 4.85. The second-order valence-electron chi connectivity index (χ2n) is 6.03. The molecule has 0 radical (unpaired) electrons. The molecule has 0 fully saturated rings. The molecule has 1 heterocycles. The Bertz CT molecular complexity index is 893. The number of nitrogens with zero attached hydrogens (tertiary/aromatic N) is 4. The van der Waals surface area contributed by atoms with E-state index in [2.05, 4.69) is 20.8 Å². The van der Waals surface area contributed by atoms with Gasteiger partial charge in [-0.05, 0) is 54.1 Å². The van der Waals surface area contributed by atoms with Crippen molar-refractivity contribution in [2.45, 2.75) is 30.8 Å². The van der Waals surface area contributed by atoms with Gasteiger partial charge in [0.05, 0.1) is 18.0 Å². The van der Waals surface area contributed by atoms with Gasteiger partial charge in [-0.2, -0.15) is 4.68 Å². The topological polar surface area (TPSA) is 81.9 Å². The summed E-state index contributed by atoms with van der Waals surface area (Å²) in [5.74, 6) is 0.714. The average molecular weight is 383 g/mol. The molecule has 27 heavy (non-hydrogen) atoms. The van der Waals surface area contributed by atoms with Crippen LogP contribution < -0.4 is 10.1 Å². The number of aromatic nitrogens is 4. The second kappa shape index (κ2) is 8.68. The van der Waals surface area contributed by atoms with Gasteiger partial charge in [0.2, 0.25) is 11.1 Å². The summed E-state index contributed by atoms with van der Waals surface area (Å²) in [5.41, 5.74) is 3.03. The zero-order valence-electron chi connectivity index (χ0n) is 15.4. The molecule has 0 spiro atoms. The number of amides is 1. The van der Waals surface area contributed by atoms with E-state index in [0.29, 0.717) is 11.7 Å². The lowest BCUT2D eigenvalue weighted by Gasteiger charge is -2.12. The molecule has 1 aromatic heterocycles. The minimum absolute atomic E-state index is 0.0747. The SMILES string of the molecule is COc1ccc(CNC(=O)[C@H](C)Sc2nnnn2-c2ccc(C)cc2)cc1. The Hall–Kier alpha value is -2.87. The molecule has 0 bridgehead atoms. The number of tetrazole rings is 1. The number of hydrogen-bond acceptors (Lipinski definition) is 6. The summed E-state index contributed by atoms with van der Waals surface area (Å²) in [6.07, 6.45) is 0. The molecule has 1 amide bonds. The lowest BCUT2D eigenvalue weighted by Crippen LogP contribution is -2.30. The summed E-state index contributed by atoms with van der Waals surface area (Å²) in [4.78, 5) is 12.4. The fourth-order valence-electron chi connectivity index (χ4n) is 2.39. The molecule has 0 aliphatic rings. The maximum atomic E-state index is 12.4. The summed E-state index contributed by atoms with van der Waals surface area (Å²) < 4.78 is 6.77.